The second-order valence-corrected chi connectivity index (χ2v) is 6.56. The number of carbonyl (C=O) groups excluding carboxylic acids is 4. The number of hydrogen-bond donors (Lipinski definition) is 2. The highest BCUT2D eigenvalue weighted by Crippen LogP contribution is 2.29. The molecule has 8 nitrogen and oxygen atoms in total. The molecule has 150 valence electrons. The molecule has 0 unspecified atom stereocenters. The lowest BCUT2D eigenvalue weighted by Gasteiger charge is -2.32. The Balaban J connectivity index is 1.53. The molecule has 2 heterocycles. The van der Waals surface area contributed by atoms with Gasteiger partial charge in [0.2, 0.25) is 11.8 Å². The van der Waals surface area contributed by atoms with Gasteiger partial charge in [0.15, 0.2) is 0 Å². The van der Waals surface area contributed by atoms with Crippen molar-refractivity contribution in [3.8, 4) is 0 Å². The topological polar surface area (TPSA) is 98.8 Å². The summed E-state index contributed by atoms with van der Waals surface area (Å²) in [5.41, 5.74) is 1.69. The smallest absolute Gasteiger partial charge is 0.339 e. The second-order valence-electron chi connectivity index (χ2n) is 6.56. The van der Waals surface area contributed by atoms with Gasteiger partial charge in [-0.25, -0.2) is 9.80 Å². The van der Waals surface area contributed by atoms with Gasteiger partial charge in [0.1, 0.15) is 6.54 Å². The Morgan fingerprint density at radius 2 is 1.68 bits per heavy atom. The molecule has 1 aromatic carbocycles. The van der Waals surface area contributed by atoms with Gasteiger partial charge < -0.3 is 4.90 Å². The predicted molar refractivity (Wildman–Crippen MR) is 88.5 cm³/mol. The zero-order chi connectivity index (χ0) is 20.5. The van der Waals surface area contributed by atoms with E-state index in [2.05, 4.69) is 5.43 Å². The third kappa shape index (κ3) is 4.24. The van der Waals surface area contributed by atoms with E-state index in [1.807, 2.05) is 5.32 Å². The van der Waals surface area contributed by atoms with Gasteiger partial charge in [0.25, 0.3) is 5.91 Å². The van der Waals surface area contributed by atoms with Crippen LogP contribution >= 0.6 is 0 Å². The highest BCUT2D eigenvalue weighted by molar-refractivity contribution is 6.02. The Morgan fingerprint density at radius 3 is 2.18 bits per heavy atom. The maximum Gasteiger partial charge on any atom is 0.416 e. The molecular formula is C17H17F3N4O4. The summed E-state index contributed by atoms with van der Waals surface area (Å²) < 4.78 is 37.8. The molecule has 1 aromatic rings. The first-order valence-corrected chi connectivity index (χ1v) is 8.53. The number of alkyl halides is 3. The molecule has 2 aliphatic rings. The molecular weight excluding hydrogens is 381 g/mol. The number of urea groups is 1. The third-order valence-electron chi connectivity index (χ3n) is 4.65. The minimum atomic E-state index is -4.47. The van der Waals surface area contributed by atoms with Crippen LogP contribution in [0.1, 0.15) is 28.8 Å². The first-order valence-electron chi connectivity index (χ1n) is 8.53. The van der Waals surface area contributed by atoms with Crippen molar-refractivity contribution in [3.63, 3.8) is 0 Å². The first kappa shape index (κ1) is 19.6. The Bertz CT molecular complexity index is 802. The maximum absolute atomic E-state index is 12.6. The van der Waals surface area contributed by atoms with E-state index >= 15 is 0 Å². The minimum absolute atomic E-state index is 0.142. The molecule has 0 radical (unpaired) electrons. The summed E-state index contributed by atoms with van der Waals surface area (Å²) in [6.45, 7) is 0.252. The fourth-order valence-electron chi connectivity index (χ4n) is 3.09. The highest BCUT2D eigenvalue weighted by Gasteiger charge is 2.33. The molecule has 0 bridgehead atoms. The molecule has 3 rings (SSSR count). The Kier molecular flexibility index (Phi) is 5.25. The SMILES string of the molecule is O=C1CN(NC(=O)C2CCN(C(=O)c3ccc(C(F)(F)F)cc3)CC2)C(=O)N1. The quantitative estimate of drug-likeness (QED) is 0.746. The number of likely N-dealkylation sites (tertiary alicyclic amines) is 1. The number of imide groups is 1. The van der Waals surface area contributed by atoms with Crippen LogP contribution in [0.4, 0.5) is 18.0 Å². The summed E-state index contributed by atoms with van der Waals surface area (Å²) in [5, 5.41) is 2.93. The van der Waals surface area contributed by atoms with Crippen LogP contribution in [-0.2, 0) is 15.8 Å². The number of hydrogen-bond acceptors (Lipinski definition) is 4. The highest BCUT2D eigenvalue weighted by atomic mass is 19.4. The summed E-state index contributed by atoms with van der Waals surface area (Å²) in [4.78, 5) is 48.7. The second kappa shape index (κ2) is 7.49. The average molecular weight is 398 g/mol. The van der Waals surface area contributed by atoms with Crippen LogP contribution in [0.2, 0.25) is 0 Å². The molecule has 2 saturated heterocycles. The normalized spacial score (nSPS) is 18.2. The first-order chi connectivity index (χ1) is 13.1. The summed E-state index contributed by atoms with van der Waals surface area (Å²) in [6.07, 6.45) is -3.80. The number of nitrogens with one attached hydrogen (secondary N) is 2. The Hall–Kier alpha value is -3.11. The monoisotopic (exact) mass is 398 g/mol. The van der Waals surface area contributed by atoms with Crippen molar-refractivity contribution >= 4 is 23.8 Å². The van der Waals surface area contributed by atoms with Gasteiger partial charge in [-0.05, 0) is 37.1 Å². The summed E-state index contributed by atoms with van der Waals surface area (Å²) >= 11 is 0. The van der Waals surface area contributed by atoms with Crippen LogP contribution in [-0.4, -0.2) is 53.3 Å². The largest absolute Gasteiger partial charge is 0.416 e. The van der Waals surface area contributed by atoms with E-state index in [4.69, 9.17) is 0 Å². The number of amides is 5. The van der Waals surface area contributed by atoms with Gasteiger partial charge >= 0.3 is 12.2 Å². The van der Waals surface area contributed by atoms with Crippen LogP contribution in [0.15, 0.2) is 24.3 Å². The summed E-state index contributed by atoms with van der Waals surface area (Å²) in [5.74, 6) is -1.79. The van der Waals surface area contributed by atoms with E-state index in [9.17, 15) is 32.3 Å². The lowest BCUT2D eigenvalue weighted by atomic mass is 9.95. The van der Waals surface area contributed by atoms with Crippen LogP contribution in [0.25, 0.3) is 0 Å². The third-order valence-corrected chi connectivity index (χ3v) is 4.65. The van der Waals surface area contributed by atoms with E-state index in [0.717, 1.165) is 29.3 Å². The van der Waals surface area contributed by atoms with Crippen molar-refractivity contribution in [1.82, 2.24) is 20.7 Å². The fourth-order valence-corrected chi connectivity index (χ4v) is 3.09. The number of halogens is 3. The maximum atomic E-state index is 12.6. The molecule has 11 heteroatoms. The van der Waals surface area contributed by atoms with Crippen molar-refractivity contribution < 1.29 is 32.3 Å². The fraction of sp³-hybridized carbons (Fsp3) is 0.412. The molecule has 2 fully saturated rings. The van der Waals surface area contributed by atoms with Crippen LogP contribution in [0, 0.1) is 5.92 Å². The van der Waals surface area contributed by atoms with Gasteiger partial charge in [-0.15, -0.1) is 0 Å². The van der Waals surface area contributed by atoms with E-state index in [0.29, 0.717) is 12.8 Å². The molecule has 2 N–H and O–H groups in total. The predicted octanol–water partition coefficient (Wildman–Crippen LogP) is 1.14. The van der Waals surface area contributed by atoms with Crippen molar-refractivity contribution in [3.05, 3.63) is 35.4 Å². The Morgan fingerprint density at radius 1 is 1.07 bits per heavy atom. The molecule has 2 aliphatic heterocycles. The van der Waals surface area contributed by atoms with Crippen molar-refractivity contribution in [2.45, 2.75) is 19.0 Å². The van der Waals surface area contributed by atoms with Gasteiger partial charge in [-0.2, -0.15) is 13.2 Å². The summed E-state index contributed by atoms with van der Waals surface area (Å²) in [7, 11) is 0. The molecule has 28 heavy (non-hydrogen) atoms. The number of piperidine rings is 1. The number of hydrazine groups is 1. The molecule has 5 amide bonds. The van der Waals surface area contributed by atoms with E-state index in [1.165, 1.54) is 4.90 Å². The zero-order valence-corrected chi connectivity index (χ0v) is 14.6. The van der Waals surface area contributed by atoms with Gasteiger partial charge in [0.05, 0.1) is 5.56 Å². The van der Waals surface area contributed by atoms with Gasteiger partial charge in [-0.1, -0.05) is 0 Å². The molecule has 0 atom stereocenters. The number of carbonyl (C=O) groups is 4. The number of nitrogens with zero attached hydrogens (tertiary/aromatic N) is 2. The molecule has 0 spiro atoms. The van der Waals surface area contributed by atoms with Crippen LogP contribution in [0.5, 0.6) is 0 Å². The molecule has 0 aromatic heterocycles. The van der Waals surface area contributed by atoms with E-state index in [-0.39, 0.29) is 25.2 Å². The van der Waals surface area contributed by atoms with Crippen molar-refractivity contribution in [2.24, 2.45) is 5.92 Å². The zero-order valence-electron chi connectivity index (χ0n) is 14.6. The molecule has 0 aliphatic carbocycles. The number of rotatable bonds is 3. The van der Waals surface area contributed by atoms with Gasteiger partial charge in [-0.3, -0.25) is 25.1 Å². The standard InChI is InChI=1S/C17H17F3N4O4/c18-17(19,20)12-3-1-11(2-4-12)15(27)23-7-5-10(6-8-23)14(26)22-24-9-13(25)21-16(24)28/h1-4,10H,5-9H2,(H,22,26)(H,21,25,28). The van der Waals surface area contributed by atoms with Crippen molar-refractivity contribution in [2.75, 3.05) is 19.6 Å². The summed E-state index contributed by atoms with van der Waals surface area (Å²) in [6, 6.07) is 3.28. The minimum Gasteiger partial charge on any atom is -0.339 e. The lowest BCUT2D eigenvalue weighted by molar-refractivity contribution is -0.137. The van der Waals surface area contributed by atoms with E-state index in [1.54, 1.807) is 0 Å². The molecule has 0 saturated carbocycles. The number of benzene rings is 1. The van der Waals surface area contributed by atoms with Crippen molar-refractivity contribution in [1.29, 1.82) is 0 Å². The Labute approximate surface area is 157 Å². The van der Waals surface area contributed by atoms with Gasteiger partial charge in [0, 0.05) is 24.6 Å². The average Bonchev–Trinajstić information content (AvgIpc) is 2.97. The lowest BCUT2D eigenvalue weighted by Crippen LogP contribution is -2.49. The van der Waals surface area contributed by atoms with Crippen LogP contribution in [0.3, 0.4) is 0 Å². The van der Waals surface area contributed by atoms with E-state index < -0.39 is 41.4 Å². The van der Waals surface area contributed by atoms with Crippen LogP contribution < -0.4 is 10.7 Å².